The number of rotatable bonds is 3. The van der Waals surface area contributed by atoms with Crippen LogP contribution in [0.1, 0.15) is 18.5 Å². The molecule has 1 saturated heterocycles. The van der Waals surface area contributed by atoms with Gasteiger partial charge in [0.2, 0.25) is 0 Å². The van der Waals surface area contributed by atoms with E-state index in [-0.39, 0.29) is 12.7 Å². The quantitative estimate of drug-likeness (QED) is 0.841. The Morgan fingerprint density at radius 3 is 2.81 bits per heavy atom. The predicted octanol–water partition coefficient (Wildman–Crippen LogP) is 1.99. The van der Waals surface area contributed by atoms with Crippen LogP contribution < -0.4 is 5.32 Å². The molecular formula is C13H19FN2. The van der Waals surface area contributed by atoms with Gasteiger partial charge in [0.15, 0.2) is 0 Å². The van der Waals surface area contributed by atoms with Crippen LogP contribution in [-0.2, 0) is 0 Å². The lowest BCUT2D eigenvalue weighted by atomic mass is 10.0. The smallest absolute Gasteiger partial charge is 0.109 e. The minimum absolute atomic E-state index is 0.0780. The highest BCUT2D eigenvalue weighted by Gasteiger charge is 2.24. The molecule has 2 nitrogen and oxygen atoms in total. The highest BCUT2D eigenvalue weighted by Crippen LogP contribution is 2.22. The van der Waals surface area contributed by atoms with Gasteiger partial charge in [0, 0.05) is 25.7 Å². The number of halogens is 1. The molecule has 0 saturated carbocycles. The predicted molar refractivity (Wildman–Crippen MR) is 64.2 cm³/mol. The molecule has 2 rings (SSSR count). The first-order valence-corrected chi connectivity index (χ1v) is 5.89. The molecule has 1 aliphatic rings. The van der Waals surface area contributed by atoms with Crippen LogP contribution in [0.3, 0.4) is 0 Å². The second-order valence-electron chi connectivity index (χ2n) is 4.43. The van der Waals surface area contributed by atoms with Crippen molar-refractivity contribution in [3.05, 3.63) is 35.9 Å². The van der Waals surface area contributed by atoms with Crippen molar-refractivity contribution in [2.45, 2.75) is 19.0 Å². The number of hydrogen-bond acceptors (Lipinski definition) is 2. The van der Waals surface area contributed by atoms with E-state index in [1.165, 1.54) is 0 Å². The Kier molecular flexibility index (Phi) is 3.91. The summed E-state index contributed by atoms with van der Waals surface area (Å²) >= 11 is 0. The molecule has 3 heteroatoms. The van der Waals surface area contributed by atoms with Gasteiger partial charge in [-0.2, -0.15) is 0 Å². The summed E-state index contributed by atoms with van der Waals surface area (Å²) in [5.74, 6) is 0. The number of alkyl halides is 1. The summed E-state index contributed by atoms with van der Waals surface area (Å²) in [7, 11) is 0. The van der Waals surface area contributed by atoms with Gasteiger partial charge in [0.05, 0.1) is 6.04 Å². The zero-order chi connectivity index (χ0) is 11.4. The van der Waals surface area contributed by atoms with Gasteiger partial charge < -0.3 is 5.32 Å². The van der Waals surface area contributed by atoms with Crippen molar-refractivity contribution < 1.29 is 4.39 Å². The molecule has 0 aromatic heterocycles. The summed E-state index contributed by atoms with van der Waals surface area (Å²) in [6, 6.07) is 10.3. The molecule has 0 aliphatic carbocycles. The standard InChI is InChI=1S/C13H19FN2/c1-11-10-16(8-7-15-11)13(9-14)12-5-3-2-4-6-12/h2-6,11,13,15H,7-10H2,1H3/t11-,13+/m1/s1. The van der Waals surface area contributed by atoms with Gasteiger partial charge in [-0.1, -0.05) is 30.3 Å². The molecule has 0 radical (unpaired) electrons. The monoisotopic (exact) mass is 222 g/mol. The minimum Gasteiger partial charge on any atom is -0.312 e. The van der Waals surface area contributed by atoms with Crippen molar-refractivity contribution in [3.8, 4) is 0 Å². The molecule has 1 fully saturated rings. The normalized spacial score (nSPS) is 24.2. The third-order valence-corrected chi connectivity index (χ3v) is 3.17. The van der Waals surface area contributed by atoms with E-state index in [0.717, 1.165) is 25.2 Å². The summed E-state index contributed by atoms with van der Waals surface area (Å²) in [6.07, 6.45) is 0. The van der Waals surface area contributed by atoms with Crippen LogP contribution in [0.5, 0.6) is 0 Å². The molecule has 0 unspecified atom stereocenters. The van der Waals surface area contributed by atoms with Gasteiger partial charge in [-0.3, -0.25) is 4.90 Å². The van der Waals surface area contributed by atoms with Crippen LogP contribution in [0.4, 0.5) is 4.39 Å². The summed E-state index contributed by atoms with van der Waals surface area (Å²) in [5.41, 5.74) is 1.08. The molecular weight excluding hydrogens is 203 g/mol. The Balaban J connectivity index is 2.10. The minimum atomic E-state index is -0.309. The SMILES string of the molecule is C[C@@H]1CN([C@@H](CF)c2ccccc2)CCN1. The fourth-order valence-corrected chi connectivity index (χ4v) is 2.32. The van der Waals surface area contributed by atoms with Crippen molar-refractivity contribution in [3.63, 3.8) is 0 Å². The van der Waals surface area contributed by atoms with E-state index >= 15 is 0 Å². The van der Waals surface area contributed by atoms with E-state index in [1.807, 2.05) is 30.3 Å². The molecule has 88 valence electrons. The number of benzene rings is 1. The highest BCUT2D eigenvalue weighted by molar-refractivity contribution is 5.19. The Morgan fingerprint density at radius 1 is 1.44 bits per heavy atom. The Morgan fingerprint density at radius 2 is 2.19 bits per heavy atom. The van der Waals surface area contributed by atoms with E-state index < -0.39 is 0 Å². The van der Waals surface area contributed by atoms with Crippen LogP contribution in [0.15, 0.2) is 30.3 Å². The zero-order valence-corrected chi connectivity index (χ0v) is 9.70. The van der Waals surface area contributed by atoms with Gasteiger partial charge >= 0.3 is 0 Å². The van der Waals surface area contributed by atoms with Crippen molar-refractivity contribution >= 4 is 0 Å². The van der Waals surface area contributed by atoms with Crippen molar-refractivity contribution in [1.82, 2.24) is 10.2 Å². The summed E-state index contributed by atoms with van der Waals surface area (Å²) < 4.78 is 13.2. The van der Waals surface area contributed by atoms with Gasteiger partial charge in [-0.25, -0.2) is 4.39 Å². The average molecular weight is 222 g/mol. The summed E-state index contributed by atoms with van der Waals surface area (Å²) in [4.78, 5) is 2.23. The van der Waals surface area contributed by atoms with Gasteiger partial charge in [-0.15, -0.1) is 0 Å². The van der Waals surface area contributed by atoms with E-state index in [4.69, 9.17) is 0 Å². The first-order chi connectivity index (χ1) is 7.81. The van der Waals surface area contributed by atoms with E-state index in [0.29, 0.717) is 6.04 Å². The number of hydrogen-bond donors (Lipinski definition) is 1. The fraction of sp³-hybridized carbons (Fsp3) is 0.538. The first kappa shape index (κ1) is 11.6. The molecule has 0 bridgehead atoms. The van der Waals surface area contributed by atoms with E-state index in [2.05, 4.69) is 17.1 Å². The van der Waals surface area contributed by atoms with Crippen LogP contribution >= 0.6 is 0 Å². The first-order valence-electron chi connectivity index (χ1n) is 5.89. The molecule has 16 heavy (non-hydrogen) atoms. The van der Waals surface area contributed by atoms with Crippen LogP contribution in [0.2, 0.25) is 0 Å². The van der Waals surface area contributed by atoms with Gasteiger partial charge in [-0.05, 0) is 12.5 Å². The third-order valence-electron chi connectivity index (χ3n) is 3.17. The Bertz CT molecular complexity index is 315. The lowest BCUT2D eigenvalue weighted by Crippen LogP contribution is -2.50. The maximum Gasteiger partial charge on any atom is 0.109 e. The van der Waals surface area contributed by atoms with Crippen LogP contribution in [0.25, 0.3) is 0 Å². The lowest BCUT2D eigenvalue weighted by Gasteiger charge is -2.36. The van der Waals surface area contributed by atoms with Gasteiger partial charge in [0.1, 0.15) is 6.67 Å². The number of nitrogens with one attached hydrogen (secondary N) is 1. The topological polar surface area (TPSA) is 15.3 Å². The maximum absolute atomic E-state index is 13.2. The van der Waals surface area contributed by atoms with Crippen molar-refractivity contribution in [1.29, 1.82) is 0 Å². The molecule has 0 spiro atoms. The Hall–Kier alpha value is -0.930. The Labute approximate surface area is 96.5 Å². The molecule has 1 aromatic carbocycles. The van der Waals surface area contributed by atoms with Crippen molar-refractivity contribution in [2.24, 2.45) is 0 Å². The third kappa shape index (κ3) is 2.60. The molecule has 2 atom stereocenters. The molecule has 1 N–H and O–H groups in total. The van der Waals surface area contributed by atoms with E-state index in [9.17, 15) is 4.39 Å². The fourth-order valence-electron chi connectivity index (χ4n) is 2.32. The molecule has 1 aromatic rings. The van der Waals surface area contributed by atoms with Gasteiger partial charge in [0.25, 0.3) is 0 Å². The molecule has 0 amide bonds. The van der Waals surface area contributed by atoms with Crippen LogP contribution in [-0.4, -0.2) is 37.3 Å². The second kappa shape index (κ2) is 5.41. The molecule has 1 heterocycles. The zero-order valence-electron chi connectivity index (χ0n) is 9.70. The average Bonchev–Trinajstić information content (AvgIpc) is 2.31. The summed E-state index contributed by atoms with van der Waals surface area (Å²) in [6.45, 7) is 4.63. The number of nitrogens with zero attached hydrogens (tertiary/aromatic N) is 1. The molecule has 1 aliphatic heterocycles. The van der Waals surface area contributed by atoms with Crippen molar-refractivity contribution in [2.75, 3.05) is 26.3 Å². The lowest BCUT2D eigenvalue weighted by molar-refractivity contribution is 0.127. The maximum atomic E-state index is 13.2. The number of piperazine rings is 1. The second-order valence-corrected chi connectivity index (χ2v) is 4.43. The highest BCUT2D eigenvalue weighted by atomic mass is 19.1. The summed E-state index contributed by atoms with van der Waals surface area (Å²) in [5, 5.41) is 3.38. The largest absolute Gasteiger partial charge is 0.312 e. The van der Waals surface area contributed by atoms with E-state index in [1.54, 1.807) is 0 Å². The van der Waals surface area contributed by atoms with Crippen LogP contribution in [0, 0.1) is 0 Å².